The first-order valence-corrected chi connectivity index (χ1v) is 9.36. The van der Waals surface area contributed by atoms with Gasteiger partial charge >= 0.3 is 0 Å². The topological polar surface area (TPSA) is 66.5 Å². The van der Waals surface area contributed by atoms with Crippen LogP contribution in [0.25, 0.3) is 0 Å². The van der Waals surface area contributed by atoms with Crippen LogP contribution < -0.4 is 5.32 Å². The van der Waals surface area contributed by atoms with E-state index in [1.165, 1.54) is 40.0 Å². The second-order valence-electron chi connectivity index (χ2n) is 4.70. The molecule has 0 radical (unpaired) electrons. The molecule has 23 heavy (non-hydrogen) atoms. The Morgan fingerprint density at radius 2 is 1.83 bits per heavy atom. The highest BCUT2D eigenvalue weighted by atomic mass is 32.2. The van der Waals surface area contributed by atoms with Gasteiger partial charge in [-0.25, -0.2) is 12.8 Å². The quantitative estimate of drug-likeness (QED) is 0.864. The highest BCUT2D eigenvalue weighted by molar-refractivity contribution is 7.89. The summed E-state index contributed by atoms with van der Waals surface area (Å²) in [5.41, 5.74) is 0.443. The van der Waals surface area contributed by atoms with Crippen LogP contribution in [0.15, 0.2) is 40.6 Å². The summed E-state index contributed by atoms with van der Waals surface area (Å²) in [5.74, 6) is -0.825. The maximum atomic E-state index is 12.8. The number of thiophene rings is 1. The van der Waals surface area contributed by atoms with E-state index in [-0.39, 0.29) is 9.77 Å². The summed E-state index contributed by atoms with van der Waals surface area (Å²) in [5, 5.41) is 4.06. The Bertz CT molecular complexity index is 781. The van der Waals surface area contributed by atoms with Gasteiger partial charge in [0.1, 0.15) is 5.82 Å². The number of benzene rings is 1. The van der Waals surface area contributed by atoms with Crippen molar-refractivity contribution >= 4 is 33.0 Å². The van der Waals surface area contributed by atoms with Crippen LogP contribution >= 0.6 is 11.3 Å². The first kappa shape index (κ1) is 17.6. The summed E-state index contributed by atoms with van der Waals surface area (Å²) in [6.07, 6.45) is 0. The molecule has 124 valence electrons. The van der Waals surface area contributed by atoms with Gasteiger partial charge in [0.05, 0.1) is 9.77 Å². The molecular weight excluding hydrogens is 339 g/mol. The normalized spacial score (nSPS) is 11.7. The molecule has 0 unspecified atom stereocenters. The third-order valence-corrected chi connectivity index (χ3v) is 6.35. The number of nitrogens with one attached hydrogen (secondary N) is 1. The average Bonchev–Trinajstić information content (AvgIpc) is 3.01. The molecule has 1 aromatic heterocycles. The van der Waals surface area contributed by atoms with Crippen molar-refractivity contribution < 1.29 is 17.6 Å². The van der Waals surface area contributed by atoms with E-state index < -0.39 is 21.7 Å². The summed E-state index contributed by atoms with van der Waals surface area (Å²) < 4.78 is 38.9. The zero-order valence-electron chi connectivity index (χ0n) is 12.7. The van der Waals surface area contributed by atoms with Gasteiger partial charge in [-0.1, -0.05) is 13.8 Å². The summed E-state index contributed by atoms with van der Waals surface area (Å²) in [7, 11) is -3.58. The Labute approximate surface area is 138 Å². The number of rotatable bonds is 6. The molecule has 1 amide bonds. The van der Waals surface area contributed by atoms with Gasteiger partial charge in [-0.2, -0.15) is 4.31 Å². The molecule has 1 N–H and O–H groups in total. The number of hydrogen-bond acceptors (Lipinski definition) is 4. The molecule has 8 heteroatoms. The van der Waals surface area contributed by atoms with Crippen LogP contribution in [0.3, 0.4) is 0 Å². The van der Waals surface area contributed by atoms with Crippen LogP contribution in [0, 0.1) is 5.82 Å². The smallest absolute Gasteiger partial charge is 0.265 e. The predicted molar refractivity (Wildman–Crippen MR) is 88.8 cm³/mol. The number of anilines is 1. The lowest BCUT2D eigenvalue weighted by Crippen LogP contribution is -2.30. The van der Waals surface area contributed by atoms with Crippen molar-refractivity contribution in [3.05, 3.63) is 46.4 Å². The van der Waals surface area contributed by atoms with Crippen molar-refractivity contribution in [3.63, 3.8) is 0 Å². The van der Waals surface area contributed by atoms with Crippen molar-refractivity contribution in [2.75, 3.05) is 18.4 Å². The van der Waals surface area contributed by atoms with Crippen LogP contribution in [0.5, 0.6) is 0 Å². The predicted octanol–water partition coefficient (Wildman–Crippen LogP) is 3.17. The Hall–Kier alpha value is -1.77. The van der Waals surface area contributed by atoms with Gasteiger partial charge in [-0.15, -0.1) is 11.3 Å². The van der Waals surface area contributed by atoms with Crippen molar-refractivity contribution in [1.82, 2.24) is 4.31 Å². The molecule has 0 bridgehead atoms. The number of sulfonamides is 1. The number of nitrogens with zero attached hydrogens (tertiary/aromatic N) is 1. The molecule has 0 aliphatic rings. The highest BCUT2D eigenvalue weighted by Crippen LogP contribution is 2.23. The molecule has 0 spiro atoms. The van der Waals surface area contributed by atoms with Gasteiger partial charge in [0.25, 0.3) is 5.91 Å². The van der Waals surface area contributed by atoms with Crippen LogP contribution in [0.2, 0.25) is 0 Å². The Morgan fingerprint density at radius 3 is 2.39 bits per heavy atom. The van der Waals surface area contributed by atoms with Crippen molar-refractivity contribution in [2.45, 2.75) is 18.7 Å². The third kappa shape index (κ3) is 3.95. The highest BCUT2D eigenvalue weighted by Gasteiger charge is 2.24. The van der Waals surface area contributed by atoms with Crippen LogP contribution in [-0.4, -0.2) is 31.7 Å². The minimum absolute atomic E-state index is 0.107. The van der Waals surface area contributed by atoms with E-state index in [0.29, 0.717) is 18.8 Å². The lowest BCUT2D eigenvalue weighted by atomic mass is 10.3. The third-order valence-electron chi connectivity index (χ3n) is 3.24. The number of carbonyl (C=O) groups excluding carboxylic acids is 1. The fraction of sp³-hybridized carbons (Fsp3) is 0.267. The molecule has 0 saturated carbocycles. The molecule has 1 heterocycles. The minimum atomic E-state index is -3.58. The number of halogens is 1. The van der Waals surface area contributed by atoms with Gasteiger partial charge in [0.15, 0.2) is 0 Å². The van der Waals surface area contributed by atoms with E-state index in [1.807, 2.05) is 0 Å². The van der Waals surface area contributed by atoms with Gasteiger partial charge < -0.3 is 5.32 Å². The Morgan fingerprint density at radius 1 is 1.22 bits per heavy atom. The van der Waals surface area contributed by atoms with Crippen molar-refractivity contribution in [3.8, 4) is 0 Å². The largest absolute Gasteiger partial charge is 0.321 e. The fourth-order valence-electron chi connectivity index (χ4n) is 2.01. The standard InChI is InChI=1S/C15H17FN2O3S2/c1-3-18(4-2)23(20,21)13-9-14(22-10-13)15(19)17-12-7-5-11(16)6-8-12/h5-10H,3-4H2,1-2H3,(H,17,19). The number of amides is 1. The summed E-state index contributed by atoms with van der Waals surface area (Å²) in [6.45, 7) is 4.25. The van der Waals surface area contributed by atoms with Gasteiger partial charge in [-0.05, 0) is 30.3 Å². The van der Waals surface area contributed by atoms with E-state index in [2.05, 4.69) is 5.32 Å². The zero-order valence-corrected chi connectivity index (χ0v) is 14.4. The van der Waals surface area contributed by atoms with Crippen LogP contribution in [0.4, 0.5) is 10.1 Å². The molecule has 1 aromatic carbocycles. The first-order chi connectivity index (χ1) is 10.9. The molecule has 0 saturated heterocycles. The lowest BCUT2D eigenvalue weighted by Gasteiger charge is -2.17. The fourth-order valence-corrected chi connectivity index (χ4v) is 4.63. The average molecular weight is 356 g/mol. The van der Waals surface area contributed by atoms with Crippen LogP contribution in [0.1, 0.15) is 23.5 Å². The summed E-state index contributed by atoms with van der Waals surface area (Å²) >= 11 is 1.05. The molecular formula is C15H17FN2O3S2. The maximum absolute atomic E-state index is 12.8. The minimum Gasteiger partial charge on any atom is -0.321 e. The first-order valence-electron chi connectivity index (χ1n) is 7.04. The number of carbonyl (C=O) groups is 1. The van der Waals surface area contributed by atoms with Crippen LogP contribution in [-0.2, 0) is 10.0 Å². The van der Waals surface area contributed by atoms with E-state index in [0.717, 1.165) is 11.3 Å². The summed E-state index contributed by atoms with van der Waals surface area (Å²) in [4.78, 5) is 12.5. The summed E-state index contributed by atoms with van der Waals surface area (Å²) in [6, 6.07) is 6.71. The monoisotopic (exact) mass is 356 g/mol. The van der Waals surface area contributed by atoms with E-state index in [9.17, 15) is 17.6 Å². The second kappa shape index (κ2) is 7.20. The van der Waals surface area contributed by atoms with E-state index in [1.54, 1.807) is 13.8 Å². The Kier molecular flexibility index (Phi) is 5.51. The molecule has 2 aromatic rings. The maximum Gasteiger partial charge on any atom is 0.265 e. The zero-order chi connectivity index (χ0) is 17.0. The van der Waals surface area contributed by atoms with E-state index in [4.69, 9.17) is 0 Å². The second-order valence-corrected chi connectivity index (χ2v) is 7.55. The molecule has 0 aliphatic heterocycles. The molecule has 0 atom stereocenters. The lowest BCUT2D eigenvalue weighted by molar-refractivity contribution is 0.103. The van der Waals surface area contributed by atoms with Gasteiger partial charge in [0, 0.05) is 24.2 Å². The molecule has 5 nitrogen and oxygen atoms in total. The SMILES string of the molecule is CCN(CC)S(=O)(=O)c1csc(C(=O)Nc2ccc(F)cc2)c1. The van der Waals surface area contributed by atoms with Gasteiger partial charge in [0.2, 0.25) is 10.0 Å². The van der Waals surface area contributed by atoms with Crippen molar-refractivity contribution in [2.24, 2.45) is 0 Å². The van der Waals surface area contributed by atoms with E-state index >= 15 is 0 Å². The van der Waals surface area contributed by atoms with Crippen molar-refractivity contribution in [1.29, 1.82) is 0 Å². The molecule has 0 aliphatic carbocycles. The molecule has 0 fully saturated rings. The Balaban J connectivity index is 2.18. The van der Waals surface area contributed by atoms with Gasteiger partial charge in [-0.3, -0.25) is 4.79 Å². The number of hydrogen-bond donors (Lipinski definition) is 1. The molecule has 2 rings (SSSR count).